The molecule has 5 heteroatoms. The van der Waals surface area contributed by atoms with Crippen LogP contribution >= 0.6 is 0 Å². The first kappa shape index (κ1) is 14.1. The van der Waals surface area contributed by atoms with Gasteiger partial charge in [0.25, 0.3) is 0 Å². The Balaban J connectivity index is 2.29. The van der Waals surface area contributed by atoms with Crippen LogP contribution in [0.5, 0.6) is 0 Å². The van der Waals surface area contributed by atoms with Crippen molar-refractivity contribution in [1.29, 1.82) is 0 Å². The van der Waals surface area contributed by atoms with E-state index >= 15 is 0 Å². The summed E-state index contributed by atoms with van der Waals surface area (Å²) in [5, 5.41) is 16.9. The molecule has 0 aliphatic carbocycles. The van der Waals surface area contributed by atoms with Gasteiger partial charge in [0, 0.05) is 6.54 Å². The highest BCUT2D eigenvalue weighted by atomic mass is 16.3. The molecule has 1 unspecified atom stereocenters. The van der Waals surface area contributed by atoms with E-state index in [1.54, 1.807) is 6.33 Å². The summed E-state index contributed by atoms with van der Waals surface area (Å²) in [6, 6.07) is 0. The van der Waals surface area contributed by atoms with E-state index in [4.69, 9.17) is 0 Å². The van der Waals surface area contributed by atoms with E-state index in [0.717, 1.165) is 31.8 Å². The summed E-state index contributed by atoms with van der Waals surface area (Å²) in [7, 11) is 0. The second-order valence-corrected chi connectivity index (χ2v) is 4.78. The van der Waals surface area contributed by atoms with Crippen molar-refractivity contribution in [2.75, 3.05) is 6.54 Å². The largest absolute Gasteiger partial charge is 0.393 e. The molecule has 1 atom stereocenters. The molecule has 1 aromatic heterocycles. The average Bonchev–Trinajstić information content (AvgIpc) is 2.70. The fourth-order valence-electron chi connectivity index (χ4n) is 1.60. The fraction of sp³-hybridized carbons (Fsp3) is 0.833. The zero-order chi connectivity index (χ0) is 12.7. The third-order valence-electron chi connectivity index (χ3n) is 2.64. The predicted molar refractivity (Wildman–Crippen MR) is 67.5 cm³/mol. The van der Waals surface area contributed by atoms with Crippen molar-refractivity contribution in [1.82, 2.24) is 20.1 Å². The van der Waals surface area contributed by atoms with Crippen LogP contribution < -0.4 is 5.32 Å². The lowest BCUT2D eigenvalue weighted by atomic mass is 10.2. The molecule has 0 radical (unpaired) electrons. The third kappa shape index (κ3) is 5.28. The summed E-state index contributed by atoms with van der Waals surface area (Å²) in [6.45, 7) is 8.73. The number of hydrogen-bond acceptors (Lipinski definition) is 4. The minimum Gasteiger partial charge on any atom is -0.393 e. The van der Waals surface area contributed by atoms with Crippen LogP contribution in [0.2, 0.25) is 0 Å². The summed E-state index contributed by atoms with van der Waals surface area (Å²) in [4.78, 5) is 4.23. The van der Waals surface area contributed by atoms with Crippen molar-refractivity contribution in [3.63, 3.8) is 0 Å². The van der Waals surface area contributed by atoms with Gasteiger partial charge >= 0.3 is 0 Å². The van der Waals surface area contributed by atoms with Gasteiger partial charge in [0.15, 0.2) is 0 Å². The molecule has 1 aromatic rings. The van der Waals surface area contributed by atoms with Crippen molar-refractivity contribution in [2.45, 2.75) is 52.8 Å². The third-order valence-corrected chi connectivity index (χ3v) is 2.64. The monoisotopic (exact) mass is 240 g/mol. The van der Waals surface area contributed by atoms with Gasteiger partial charge in [-0.25, -0.2) is 9.67 Å². The van der Waals surface area contributed by atoms with Crippen molar-refractivity contribution in [3.8, 4) is 0 Å². The van der Waals surface area contributed by atoms with Crippen LogP contribution in [0.4, 0.5) is 0 Å². The molecule has 0 bridgehead atoms. The van der Waals surface area contributed by atoms with Crippen molar-refractivity contribution in [2.24, 2.45) is 5.92 Å². The Morgan fingerprint density at radius 3 is 2.88 bits per heavy atom. The predicted octanol–water partition coefficient (Wildman–Crippen LogP) is 1.18. The molecule has 0 fully saturated rings. The van der Waals surface area contributed by atoms with Crippen molar-refractivity contribution >= 4 is 0 Å². The SMILES string of the molecule is CCC(O)CCNCc1ncnn1CC(C)C. The summed E-state index contributed by atoms with van der Waals surface area (Å²) in [6.07, 6.45) is 3.00. The Morgan fingerprint density at radius 2 is 2.24 bits per heavy atom. The van der Waals surface area contributed by atoms with Crippen LogP contribution in [-0.2, 0) is 13.1 Å². The number of aliphatic hydroxyl groups is 1. The zero-order valence-electron chi connectivity index (χ0n) is 11.1. The molecule has 1 rings (SSSR count). The molecule has 0 aliphatic heterocycles. The first-order valence-electron chi connectivity index (χ1n) is 6.39. The van der Waals surface area contributed by atoms with Crippen LogP contribution in [0.25, 0.3) is 0 Å². The van der Waals surface area contributed by atoms with Gasteiger partial charge in [0.2, 0.25) is 0 Å². The Hall–Kier alpha value is -0.940. The molecule has 0 saturated carbocycles. The summed E-state index contributed by atoms with van der Waals surface area (Å²) >= 11 is 0. The second kappa shape index (κ2) is 7.40. The molecule has 0 aromatic carbocycles. The molecule has 5 nitrogen and oxygen atoms in total. The van der Waals surface area contributed by atoms with E-state index in [0.29, 0.717) is 12.5 Å². The molecule has 2 N–H and O–H groups in total. The Morgan fingerprint density at radius 1 is 1.47 bits per heavy atom. The minimum absolute atomic E-state index is 0.198. The first-order valence-corrected chi connectivity index (χ1v) is 6.39. The number of rotatable bonds is 8. The maximum atomic E-state index is 9.42. The average molecular weight is 240 g/mol. The number of aliphatic hydroxyl groups excluding tert-OH is 1. The molecule has 0 amide bonds. The van der Waals surface area contributed by atoms with E-state index in [1.165, 1.54) is 0 Å². The van der Waals surface area contributed by atoms with Crippen LogP contribution in [0.3, 0.4) is 0 Å². The van der Waals surface area contributed by atoms with Crippen LogP contribution in [0.15, 0.2) is 6.33 Å². The lowest BCUT2D eigenvalue weighted by Crippen LogP contribution is -2.22. The van der Waals surface area contributed by atoms with E-state index in [2.05, 4.69) is 29.2 Å². The van der Waals surface area contributed by atoms with Gasteiger partial charge in [-0.15, -0.1) is 0 Å². The van der Waals surface area contributed by atoms with Gasteiger partial charge in [0.05, 0.1) is 12.6 Å². The standard InChI is InChI=1S/C12H24N4O/c1-4-11(17)5-6-13-7-12-14-9-15-16(12)8-10(2)3/h9-11,13,17H,4-8H2,1-3H3. The van der Waals surface area contributed by atoms with E-state index in [9.17, 15) is 5.11 Å². The van der Waals surface area contributed by atoms with Crippen LogP contribution in [0, 0.1) is 5.92 Å². The number of nitrogens with zero attached hydrogens (tertiary/aromatic N) is 3. The van der Waals surface area contributed by atoms with Gasteiger partial charge < -0.3 is 10.4 Å². The maximum absolute atomic E-state index is 9.42. The second-order valence-electron chi connectivity index (χ2n) is 4.78. The van der Waals surface area contributed by atoms with E-state index in [-0.39, 0.29) is 6.10 Å². The summed E-state index contributed by atoms with van der Waals surface area (Å²) < 4.78 is 1.94. The highest BCUT2D eigenvalue weighted by molar-refractivity contribution is 4.84. The molecule has 98 valence electrons. The topological polar surface area (TPSA) is 63.0 Å². The quantitative estimate of drug-likeness (QED) is 0.670. The zero-order valence-corrected chi connectivity index (χ0v) is 11.1. The molecular weight excluding hydrogens is 216 g/mol. The lowest BCUT2D eigenvalue weighted by molar-refractivity contribution is 0.159. The normalized spacial score (nSPS) is 13.2. The summed E-state index contributed by atoms with van der Waals surface area (Å²) in [5.74, 6) is 1.53. The molecule has 0 saturated heterocycles. The highest BCUT2D eigenvalue weighted by Gasteiger charge is 2.06. The number of nitrogens with one attached hydrogen (secondary N) is 1. The van der Waals surface area contributed by atoms with Crippen LogP contribution in [-0.4, -0.2) is 32.5 Å². The molecular formula is C12H24N4O. The van der Waals surface area contributed by atoms with E-state index < -0.39 is 0 Å². The van der Waals surface area contributed by atoms with Crippen molar-refractivity contribution in [3.05, 3.63) is 12.2 Å². The minimum atomic E-state index is -0.198. The Labute approximate surface area is 103 Å². The Kier molecular flexibility index (Phi) is 6.15. The first-order chi connectivity index (χ1) is 8.13. The molecule has 1 heterocycles. The molecule has 17 heavy (non-hydrogen) atoms. The van der Waals surface area contributed by atoms with Gasteiger partial charge in [0.1, 0.15) is 12.2 Å². The number of aromatic nitrogens is 3. The fourth-order valence-corrected chi connectivity index (χ4v) is 1.60. The lowest BCUT2D eigenvalue weighted by Gasteiger charge is -2.10. The van der Waals surface area contributed by atoms with Crippen molar-refractivity contribution < 1.29 is 5.11 Å². The summed E-state index contributed by atoms with van der Waals surface area (Å²) in [5.41, 5.74) is 0. The molecule has 0 aliphatic rings. The smallest absolute Gasteiger partial charge is 0.140 e. The van der Waals surface area contributed by atoms with Gasteiger partial charge in [-0.05, 0) is 25.3 Å². The van der Waals surface area contributed by atoms with Gasteiger partial charge in [-0.3, -0.25) is 0 Å². The van der Waals surface area contributed by atoms with Crippen LogP contribution in [0.1, 0.15) is 39.4 Å². The highest BCUT2D eigenvalue weighted by Crippen LogP contribution is 2.01. The van der Waals surface area contributed by atoms with Gasteiger partial charge in [-0.2, -0.15) is 5.10 Å². The molecule has 0 spiro atoms. The van der Waals surface area contributed by atoms with Gasteiger partial charge in [-0.1, -0.05) is 20.8 Å². The maximum Gasteiger partial charge on any atom is 0.140 e. The Bertz CT molecular complexity index is 311. The van der Waals surface area contributed by atoms with E-state index in [1.807, 2.05) is 11.6 Å². The number of hydrogen-bond donors (Lipinski definition) is 2.